The van der Waals surface area contributed by atoms with Gasteiger partial charge in [0.1, 0.15) is 11.3 Å². The van der Waals surface area contributed by atoms with Gasteiger partial charge in [-0.2, -0.15) is 0 Å². The standard InChI is InChI=1S/C23H26N2O3/c1-4-14-28-18-12-10-17(11-13-18)25-22-19-9-7-8-16(5-2)21(19)24-15-20(22)23(26)27-6-3/h7-13,15H,4-6,14H2,1-3H3,(H,24,25). The molecule has 0 saturated carbocycles. The number of aromatic nitrogens is 1. The van der Waals surface area contributed by atoms with E-state index in [0.717, 1.165) is 40.7 Å². The first kappa shape index (κ1) is 19.7. The highest BCUT2D eigenvalue weighted by atomic mass is 16.5. The molecule has 0 fully saturated rings. The third-order valence-corrected chi connectivity index (χ3v) is 4.45. The van der Waals surface area contributed by atoms with Crippen LogP contribution in [-0.2, 0) is 11.2 Å². The summed E-state index contributed by atoms with van der Waals surface area (Å²) in [4.78, 5) is 17.0. The fourth-order valence-electron chi connectivity index (χ4n) is 3.07. The number of anilines is 2. The van der Waals surface area contributed by atoms with Crippen LogP contribution in [0.2, 0.25) is 0 Å². The number of hydrogen-bond donors (Lipinski definition) is 1. The molecule has 1 N–H and O–H groups in total. The van der Waals surface area contributed by atoms with Crippen LogP contribution in [-0.4, -0.2) is 24.2 Å². The molecule has 2 aromatic carbocycles. The largest absolute Gasteiger partial charge is 0.494 e. The lowest BCUT2D eigenvalue weighted by Crippen LogP contribution is -2.09. The van der Waals surface area contributed by atoms with Gasteiger partial charge in [0, 0.05) is 17.3 Å². The number of para-hydroxylation sites is 1. The SMILES string of the molecule is CCCOc1ccc(Nc2c(C(=O)OCC)cnc3c(CC)cccc23)cc1. The second kappa shape index (κ2) is 9.22. The van der Waals surface area contributed by atoms with Crippen LogP contribution >= 0.6 is 0 Å². The third-order valence-electron chi connectivity index (χ3n) is 4.45. The quantitative estimate of drug-likeness (QED) is 0.524. The van der Waals surface area contributed by atoms with Crippen LogP contribution in [0.5, 0.6) is 5.75 Å². The Kier molecular flexibility index (Phi) is 6.48. The number of esters is 1. The lowest BCUT2D eigenvalue weighted by Gasteiger charge is -2.16. The lowest BCUT2D eigenvalue weighted by atomic mass is 10.0. The number of rotatable bonds is 8. The van der Waals surface area contributed by atoms with Crippen molar-refractivity contribution in [3.8, 4) is 5.75 Å². The van der Waals surface area contributed by atoms with Crippen LogP contribution < -0.4 is 10.1 Å². The van der Waals surface area contributed by atoms with Crippen molar-refractivity contribution < 1.29 is 14.3 Å². The fraction of sp³-hybridized carbons (Fsp3) is 0.304. The predicted octanol–water partition coefficient (Wildman–Crippen LogP) is 5.51. The molecule has 0 atom stereocenters. The van der Waals surface area contributed by atoms with Crippen molar-refractivity contribution in [2.45, 2.75) is 33.6 Å². The maximum atomic E-state index is 12.5. The number of carbonyl (C=O) groups is 1. The molecule has 0 aliphatic heterocycles. The first-order valence-electron chi connectivity index (χ1n) is 9.75. The molecule has 0 radical (unpaired) electrons. The number of ether oxygens (including phenoxy) is 2. The molecule has 0 aliphatic rings. The van der Waals surface area contributed by atoms with E-state index in [1.54, 1.807) is 13.1 Å². The Balaban J connectivity index is 2.03. The van der Waals surface area contributed by atoms with Crippen LogP contribution in [0.15, 0.2) is 48.7 Å². The van der Waals surface area contributed by atoms with E-state index < -0.39 is 0 Å². The van der Waals surface area contributed by atoms with Gasteiger partial charge in [-0.05, 0) is 49.6 Å². The van der Waals surface area contributed by atoms with Gasteiger partial charge >= 0.3 is 5.97 Å². The maximum Gasteiger partial charge on any atom is 0.341 e. The molecule has 28 heavy (non-hydrogen) atoms. The second-order valence-corrected chi connectivity index (χ2v) is 6.43. The van der Waals surface area contributed by atoms with Crippen LogP contribution in [0.25, 0.3) is 10.9 Å². The Bertz CT molecular complexity index is 952. The van der Waals surface area contributed by atoms with Crippen molar-refractivity contribution in [2.24, 2.45) is 0 Å². The van der Waals surface area contributed by atoms with Crippen LogP contribution in [0, 0.1) is 0 Å². The first-order chi connectivity index (χ1) is 13.7. The Morgan fingerprint density at radius 1 is 1.07 bits per heavy atom. The normalized spacial score (nSPS) is 10.7. The van der Waals surface area contributed by atoms with Crippen molar-refractivity contribution >= 4 is 28.2 Å². The third kappa shape index (κ3) is 4.25. The van der Waals surface area contributed by atoms with Crippen molar-refractivity contribution in [1.82, 2.24) is 4.98 Å². The molecule has 1 aromatic heterocycles. The molecule has 3 aromatic rings. The van der Waals surface area contributed by atoms with Crippen LogP contribution in [0.1, 0.15) is 43.1 Å². The number of carbonyl (C=O) groups excluding carboxylic acids is 1. The molecule has 3 rings (SSSR count). The monoisotopic (exact) mass is 378 g/mol. The number of nitrogens with zero attached hydrogens (tertiary/aromatic N) is 1. The molecule has 5 heteroatoms. The number of fused-ring (bicyclic) bond motifs is 1. The van der Waals surface area contributed by atoms with E-state index >= 15 is 0 Å². The second-order valence-electron chi connectivity index (χ2n) is 6.43. The summed E-state index contributed by atoms with van der Waals surface area (Å²) < 4.78 is 10.9. The summed E-state index contributed by atoms with van der Waals surface area (Å²) in [5, 5.41) is 4.29. The Hall–Kier alpha value is -3.08. The number of hydrogen-bond acceptors (Lipinski definition) is 5. The van der Waals surface area contributed by atoms with E-state index in [1.165, 1.54) is 0 Å². The minimum Gasteiger partial charge on any atom is -0.494 e. The summed E-state index contributed by atoms with van der Waals surface area (Å²) in [5.41, 5.74) is 4.03. The van der Waals surface area contributed by atoms with Gasteiger partial charge in [-0.3, -0.25) is 4.98 Å². The number of aryl methyl sites for hydroxylation is 1. The van der Waals surface area contributed by atoms with Gasteiger partial charge in [0.05, 0.1) is 24.4 Å². The topological polar surface area (TPSA) is 60.5 Å². The molecule has 1 heterocycles. The van der Waals surface area contributed by atoms with Crippen molar-refractivity contribution in [3.05, 3.63) is 59.8 Å². The maximum absolute atomic E-state index is 12.5. The molecule has 0 aliphatic carbocycles. The molecular weight excluding hydrogens is 352 g/mol. The van der Waals surface area contributed by atoms with E-state index in [2.05, 4.69) is 30.2 Å². The highest BCUT2D eigenvalue weighted by Crippen LogP contribution is 2.32. The van der Waals surface area contributed by atoms with Crippen LogP contribution in [0.4, 0.5) is 11.4 Å². The van der Waals surface area contributed by atoms with Crippen molar-refractivity contribution in [2.75, 3.05) is 18.5 Å². The number of pyridine rings is 1. The molecule has 0 bridgehead atoms. The van der Waals surface area contributed by atoms with Gasteiger partial charge in [-0.1, -0.05) is 32.0 Å². The predicted molar refractivity (Wildman–Crippen MR) is 113 cm³/mol. The van der Waals surface area contributed by atoms with Crippen molar-refractivity contribution in [1.29, 1.82) is 0 Å². The van der Waals surface area contributed by atoms with E-state index in [9.17, 15) is 4.79 Å². The van der Waals surface area contributed by atoms with E-state index in [-0.39, 0.29) is 5.97 Å². The number of nitrogens with one attached hydrogen (secondary N) is 1. The summed E-state index contributed by atoms with van der Waals surface area (Å²) in [6.45, 7) is 6.97. The number of benzene rings is 2. The van der Waals surface area contributed by atoms with E-state index in [4.69, 9.17) is 9.47 Å². The molecule has 0 spiro atoms. The smallest absolute Gasteiger partial charge is 0.341 e. The zero-order chi connectivity index (χ0) is 19.9. The zero-order valence-electron chi connectivity index (χ0n) is 16.6. The Morgan fingerprint density at radius 2 is 1.86 bits per heavy atom. The molecule has 0 saturated heterocycles. The van der Waals surface area contributed by atoms with Gasteiger partial charge in [0.25, 0.3) is 0 Å². The zero-order valence-corrected chi connectivity index (χ0v) is 16.6. The van der Waals surface area contributed by atoms with Crippen molar-refractivity contribution in [3.63, 3.8) is 0 Å². The summed E-state index contributed by atoms with van der Waals surface area (Å²) in [5.74, 6) is 0.440. The highest BCUT2D eigenvalue weighted by Gasteiger charge is 2.18. The molecule has 5 nitrogen and oxygen atoms in total. The minimum absolute atomic E-state index is 0.314. The van der Waals surface area contributed by atoms with E-state index in [1.807, 2.05) is 36.4 Å². The van der Waals surface area contributed by atoms with Gasteiger partial charge in [-0.15, -0.1) is 0 Å². The summed E-state index contributed by atoms with van der Waals surface area (Å²) in [6, 6.07) is 13.7. The summed E-state index contributed by atoms with van der Waals surface area (Å²) >= 11 is 0. The fourth-order valence-corrected chi connectivity index (χ4v) is 3.07. The van der Waals surface area contributed by atoms with E-state index in [0.29, 0.717) is 24.5 Å². The van der Waals surface area contributed by atoms with Crippen LogP contribution in [0.3, 0.4) is 0 Å². The summed E-state index contributed by atoms with van der Waals surface area (Å²) in [6.07, 6.45) is 3.43. The highest BCUT2D eigenvalue weighted by molar-refractivity contribution is 6.06. The van der Waals surface area contributed by atoms with Gasteiger partial charge < -0.3 is 14.8 Å². The lowest BCUT2D eigenvalue weighted by molar-refractivity contribution is 0.0527. The van der Waals surface area contributed by atoms with Gasteiger partial charge in [0.15, 0.2) is 0 Å². The Morgan fingerprint density at radius 3 is 2.54 bits per heavy atom. The Labute approximate surface area is 165 Å². The van der Waals surface area contributed by atoms with Gasteiger partial charge in [-0.25, -0.2) is 4.79 Å². The average molecular weight is 378 g/mol. The average Bonchev–Trinajstić information content (AvgIpc) is 2.73. The molecule has 0 amide bonds. The molecular formula is C23H26N2O3. The first-order valence-corrected chi connectivity index (χ1v) is 9.75. The minimum atomic E-state index is -0.385. The summed E-state index contributed by atoms with van der Waals surface area (Å²) in [7, 11) is 0. The molecule has 0 unspecified atom stereocenters. The van der Waals surface area contributed by atoms with Gasteiger partial charge in [0.2, 0.25) is 0 Å². The molecule has 146 valence electrons.